The summed E-state index contributed by atoms with van der Waals surface area (Å²) < 4.78 is 6.97. The predicted molar refractivity (Wildman–Crippen MR) is 80.3 cm³/mol. The van der Waals surface area contributed by atoms with Crippen LogP contribution >= 0.6 is 27.3 Å². The van der Waals surface area contributed by atoms with Crippen molar-refractivity contribution in [2.45, 2.75) is 33.2 Å². The van der Waals surface area contributed by atoms with E-state index < -0.39 is 0 Å². The molecule has 0 spiro atoms. The maximum absolute atomic E-state index is 5.78. The molecule has 2 aromatic rings. The molecule has 1 unspecified atom stereocenters. The van der Waals surface area contributed by atoms with Gasteiger partial charge in [0.15, 0.2) is 0 Å². The van der Waals surface area contributed by atoms with Crippen molar-refractivity contribution in [2.24, 2.45) is 0 Å². The maximum atomic E-state index is 5.78. The van der Waals surface area contributed by atoms with Crippen molar-refractivity contribution in [3.8, 4) is 0 Å². The Morgan fingerprint density at radius 1 is 1.39 bits per heavy atom. The molecule has 0 saturated carbocycles. The summed E-state index contributed by atoms with van der Waals surface area (Å²) in [6.45, 7) is 7.26. The number of furan rings is 1. The minimum absolute atomic E-state index is 0.161. The van der Waals surface area contributed by atoms with Crippen LogP contribution in [0.3, 0.4) is 0 Å². The third-order valence-electron chi connectivity index (χ3n) is 2.80. The van der Waals surface area contributed by atoms with E-state index in [9.17, 15) is 0 Å². The van der Waals surface area contributed by atoms with Crippen LogP contribution < -0.4 is 5.32 Å². The summed E-state index contributed by atoms with van der Waals surface area (Å²) in [5.74, 6) is 1.95. The van der Waals surface area contributed by atoms with E-state index in [1.165, 1.54) is 14.2 Å². The van der Waals surface area contributed by atoms with Crippen molar-refractivity contribution >= 4 is 27.3 Å². The van der Waals surface area contributed by atoms with E-state index in [1.807, 2.05) is 13.0 Å². The van der Waals surface area contributed by atoms with E-state index in [1.54, 1.807) is 11.3 Å². The van der Waals surface area contributed by atoms with E-state index in [4.69, 9.17) is 4.42 Å². The van der Waals surface area contributed by atoms with Crippen LogP contribution in [-0.2, 0) is 0 Å². The Labute approximate surface area is 121 Å². The first-order valence-corrected chi connectivity index (χ1v) is 7.78. The second-order valence-electron chi connectivity index (χ2n) is 4.44. The summed E-state index contributed by atoms with van der Waals surface area (Å²) in [5.41, 5.74) is 1.28. The molecular formula is C14H18BrNOS. The van der Waals surface area contributed by atoms with E-state index in [-0.39, 0.29) is 6.04 Å². The third-order valence-corrected chi connectivity index (χ3v) is 5.01. The quantitative estimate of drug-likeness (QED) is 0.852. The summed E-state index contributed by atoms with van der Waals surface area (Å²) in [4.78, 5) is 1.29. The lowest BCUT2D eigenvalue weighted by Gasteiger charge is -2.14. The Kier molecular flexibility index (Phi) is 4.65. The number of halogens is 1. The highest BCUT2D eigenvalue weighted by Crippen LogP contribution is 2.34. The van der Waals surface area contributed by atoms with Crippen molar-refractivity contribution in [2.75, 3.05) is 6.54 Å². The van der Waals surface area contributed by atoms with Crippen molar-refractivity contribution in [3.05, 3.63) is 43.9 Å². The molecule has 2 rings (SSSR count). The summed E-state index contributed by atoms with van der Waals surface area (Å²) in [7, 11) is 0. The zero-order valence-electron chi connectivity index (χ0n) is 10.9. The van der Waals surface area contributed by atoms with Crippen LogP contribution in [0.25, 0.3) is 0 Å². The lowest BCUT2D eigenvalue weighted by molar-refractivity contribution is 0.433. The van der Waals surface area contributed by atoms with E-state index in [2.05, 4.69) is 47.2 Å². The average molecular weight is 328 g/mol. The molecule has 0 aliphatic carbocycles. The van der Waals surface area contributed by atoms with Gasteiger partial charge in [0, 0.05) is 4.88 Å². The van der Waals surface area contributed by atoms with Gasteiger partial charge < -0.3 is 9.73 Å². The van der Waals surface area contributed by atoms with Gasteiger partial charge in [0.2, 0.25) is 0 Å². The van der Waals surface area contributed by atoms with E-state index in [0.717, 1.165) is 24.5 Å². The Morgan fingerprint density at radius 2 is 2.17 bits per heavy atom. The Bertz CT molecular complexity index is 498. The van der Waals surface area contributed by atoms with Gasteiger partial charge in [-0.05, 0) is 66.5 Å². The molecule has 4 heteroatoms. The lowest BCUT2D eigenvalue weighted by Crippen LogP contribution is -2.21. The topological polar surface area (TPSA) is 25.2 Å². The van der Waals surface area contributed by atoms with Crippen LogP contribution in [0.1, 0.15) is 41.3 Å². The highest BCUT2D eigenvalue weighted by molar-refractivity contribution is 9.11. The molecule has 0 fully saturated rings. The van der Waals surface area contributed by atoms with Gasteiger partial charge in [0.05, 0.1) is 3.79 Å². The number of rotatable bonds is 5. The van der Waals surface area contributed by atoms with Crippen LogP contribution in [0.2, 0.25) is 0 Å². The molecule has 2 nitrogen and oxygen atoms in total. The molecule has 0 amide bonds. The average Bonchev–Trinajstić information content (AvgIpc) is 2.88. The van der Waals surface area contributed by atoms with Gasteiger partial charge in [-0.15, -0.1) is 11.3 Å². The molecule has 0 bridgehead atoms. The molecular weight excluding hydrogens is 310 g/mol. The molecule has 0 radical (unpaired) electrons. The number of hydrogen-bond donors (Lipinski definition) is 1. The second kappa shape index (κ2) is 6.04. The van der Waals surface area contributed by atoms with Gasteiger partial charge in [-0.25, -0.2) is 0 Å². The lowest BCUT2D eigenvalue weighted by atomic mass is 10.1. The maximum Gasteiger partial charge on any atom is 0.126 e. The van der Waals surface area contributed by atoms with E-state index in [0.29, 0.717) is 0 Å². The van der Waals surface area contributed by atoms with Gasteiger partial charge >= 0.3 is 0 Å². The van der Waals surface area contributed by atoms with Gasteiger partial charge in [-0.1, -0.05) is 6.92 Å². The highest BCUT2D eigenvalue weighted by Gasteiger charge is 2.19. The van der Waals surface area contributed by atoms with Gasteiger partial charge in [0.25, 0.3) is 0 Å². The molecule has 2 heterocycles. The van der Waals surface area contributed by atoms with Crippen LogP contribution in [0.4, 0.5) is 0 Å². The number of aryl methyl sites for hydroxylation is 2. The smallest absolute Gasteiger partial charge is 0.126 e. The molecule has 1 N–H and O–H groups in total. The summed E-state index contributed by atoms with van der Waals surface area (Å²) in [6.07, 6.45) is 1.11. The Balaban J connectivity index is 2.30. The van der Waals surface area contributed by atoms with E-state index >= 15 is 0 Å². The SMILES string of the molecule is CCCNC(c1ccc(C)o1)c1cc(C)c(Br)s1. The molecule has 1 atom stereocenters. The monoisotopic (exact) mass is 327 g/mol. The number of nitrogens with one attached hydrogen (secondary N) is 1. The van der Waals surface area contributed by atoms with Crippen LogP contribution in [0.5, 0.6) is 0 Å². The molecule has 2 aromatic heterocycles. The number of thiophene rings is 1. The van der Waals surface area contributed by atoms with Crippen LogP contribution in [0.15, 0.2) is 26.4 Å². The summed E-state index contributed by atoms with van der Waals surface area (Å²) in [6, 6.07) is 6.46. The third kappa shape index (κ3) is 3.05. The fraction of sp³-hybridized carbons (Fsp3) is 0.429. The molecule has 0 aliphatic heterocycles. The van der Waals surface area contributed by atoms with Gasteiger partial charge in [-0.2, -0.15) is 0 Å². The van der Waals surface area contributed by atoms with Crippen molar-refractivity contribution in [1.29, 1.82) is 0 Å². The van der Waals surface area contributed by atoms with Gasteiger partial charge in [-0.3, -0.25) is 0 Å². The molecule has 0 aromatic carbocycles. The standard InChI is InChI=1S/C14H18BrNOS/c1-4-7-16-13(11-6-5-10(3)17-11)12-8-9(2)14(15)18-12/h5-6,8,13,16H,4,7H2,1-3H3. The minimum Gasteiger partial charge on any atom is -0.464 e. The fourth-order valence-corrected chi connectivity index (χ4v) is 3.52. The molecule has 0 aliphatic rings. The normalized spacial score (nSPS) is 12.9. The zero-order valence-corrected chi connectivity index (χ0v) is 13.3. The largest absolute Gasteiger partial charge is 0.464 e. The Hall–Kier alpha value is -0.580. The molecule has 18 heavy (non-hydrogen) atoms. The van der Waals surface area contributed by atoms with Crippen molar-refractivity contribution < 1.29 is 4.42 Å². The summed E-state index contributed by atoms with van der Waals surface area (Å²) in [5, 5.41) is 3.55. The zero-order chi connectivity index (χ0) is 13.1. The summed E-state index contributed by atoms with van der Waals surface area (Å²) >= 11 is 5.36. The molecule has 0 saturated heterocycles. The van der Waals surface area contributed by atoms with Crippen LogP contribution in [0, 0.1) is 13.8 Å². The Morgan fingerprint density at radius 3 is 2.67 bits per heavy atom. The van der Waals surface area contributed by atoms with Gasteiger partial charge in [0.1, 0.15) is 17.6 Å². The fourth-order valence-electron chi connectivity index (χ4n) is 1.86. The predicted octanol–water partition coefficient (Wildman–Crippen LogP) is 4.81. The first-order valence-electron chi connectivity index (χ1n) is 6.17. The first-order chi connectivity index (χ1) is 8.61. The van der Waals surface area contributed by atoms with Crippen LogP contribution in [-0.4, -0.2) is 6.54 Å². The number of hydrogen-bond acceptors (Lipinski definition) is 3. The first kappa shape index (κ1) is 13.8. The minimum atomic E-state index is 0.161. The molecule has 98 valence electrons. The highest BCUT2D eigenvalue weighted by atomic mass is 79.9. The second-order valence-corrected chi connectivity index (χ2v) is 6.84. The van der Waals surface area contributed by atoms with Crippen molar-refractivity contribution in [1.82, 2.24) is 5.32 Å². The van der Waals surface area contributed by atoms with Crippen molar-refractivity contribution in [3.63, 3.8) is 0 Å².